The highest BCUT2D eigenvalue weighted by Gasteiger charge is 2.13. The predicted molar refractivity (Wildman–Crippen MR) is 107 cm³/mol. The van der Waals surface area contributed by atoms with E-state index in [2.05, 4.69) is 5.32 Å². The molecule has 0 aliphatic heterocycles. The molecule has 0 radical (unpaired) electrons. The highest BCUT2D eigenvalue weighted by molar-refractivity contribution is 7.16. The van der Waals surface area contributed by atoms with Crippen LogP contribution in [-0.4, -0.2) is 24.0 Å². The van der Waals surface area contributed by atoms with Crippen molar-refractivity contribution < 1.29 is 18.8 Å². The van der Waals surface area contributed by atoms with E-state index in [4.69, 9.17) is 10.2 Å². The van der Waals surface area contributed by atoms with E-state index >= 15 is 0 Å². The van der Waals surface area contributed by atoms with E-state index in [1.807, 2.05) is 12.1 Å². The van der Waals surface area contributed by atoms with E-state index in [9.17, 15) is 14.4 Å². The number of amides is 1. The molecule has 2 heterocycles. The van der Waals surface area contributed by atoms with Crippen molar-refractivity contribution in [2.24, 2.45) is 5.73 Å². The molecule has 28 heavy (non-hydrogen) atoms. The molecular formula is C21H20N2O4S. The first-order chi connectivity index (χ1) is 13.6. The number of hydrogen-bond acceptors (Lipinski definition) is 6. The van der Waals surface area contributed by atoms with Gasteiger partial charge in [-0.3, -0.25) is 14.4 Å². The van der Waals surface area contributed by atoms with Crippen LogP contribution in [0.1, 0.15) is 47.4 Å². The van der Waals surface area contributed by atoms with Crippen molar-refractivity contribution in [1.82, 2.24) is 5.32 Å². The van der Waals surface area contributed by atoms with Gasteiger partial charge in [-0.25, -0.2) is 0 Å². The minimum absolute atomic E-state index is 0.0126. The van der Waals surface area contributed by atoms with Crippen molar-refractivity contribution in [2.45, 2.75) is 19.4 Å². The van der Waals surface area contributed by atoms with Gasteiger partial charge in [0.25, 0.3) is 5.91 Å². The van der Waals surface area contributed by atoms with Crippen LogP contribution in [0.5, 0.6) is 0 Å². The molecular weight excluding hydrogens is 376 g/mol. The Morgan fingerprint density at radius 1 is 0.964 bits per heavy atom. The molecule has 3 rings (SSSR count). The topological polar surface area (TPSA) is 102 Å². The number of rotatable bonds is 9. The van der Waals surface area contributed by atoms with Gasteiger partial charge in [-0.2, -0.15) is 0 Å². The molecule has 0 bridgehead atoms. The van der Waals surface area contributed by atoms with Crippen LogP contribution in [-0.2, 0) is 13.0 Å². The molecule has 0 spiro atoms. The van der Waals surface area contributed by atoms with Gasteiger partial charge in [0.1, 0.15) is 5.76 Å². The lowest BCUT2D eigenvalue weighted by Gasteiger charge is -2.05. The van der Waals surface area contributed by atoms with Gasteiger partial charge in [-0.05, 0) is 48.4 Å². The summed E-state index contributed by atoms with van der Waals surface area (Å²) in [4.78, 5) is 37.1. The van der Waals surface area contributed by atoms with Gasteiger partial charge in [0.05, 0.1) is 29.1 Å². The van der Waals surface area contributed by atoms with Gasteiger partial charge in [-0.15, -0.1) is 11.3 Å². The highest BCUT2D eigenvalue weighted by Crippen LogP contribution is 2.19. The number of aryl methyl sites for hydroxylation is 1. The van der Waals surface area contributed by atoms with Crippen LogP contribution in [0.15, 0.2) is 59.2 Å². The second-order valence-electron chi connectivity index (χ2n) is 6.17. The van der Waals surface area contributed by atoms with Gasteiger partial charge in [0.15, 0.2) is 11.6 Å². The van der Waals surface area contributed by atoms with Gasteiger partial charge >= 0.3 is 0 Å². The summed E-state index contributed by atoms with van der Waals surface area (Å²) in [6.07, 6.45) is 2.46. The molecule has 0 fully saturated rings. The van der Waals surface area contributed by atoms with Crippen LogP contribution in [0.2, 0.25) is 0 Å². The SMILES string of the molecule is NCC(=O)c1ccc(C(=O)CCc2ccc(C(=O)NCc3ccco3)cc2)s1. The van der Waals surface area contributed by atoms with Gasteiger partial charge in [0, 0.05) is 12.0 Å². The van der Waals surface area contributed by atoms with E-state index in [1.165, 1.54) is 11.3 Å². The van der Waals surface area contributed by atoms with E-state index in [-0.39, 0.29) is 24.0 Å². The number of hydrogen-bond donors (Lipinski definition) is 2. The number of Topliss-reactive ketones (excluding diaryl/α,β-unsaturated/α-hetero) is 2. The van der Waals surface area contributed by atoms with Crippen LogP contribution < -0.4 is 11.1 Å². The summed E-state index contributed by atoms with van der Waals surface area (Å²) in [6, 6.07) is 14.0. The molecule has 0 aliphatic rings. The molecule has 1 aromatic carbocycles. The Morgan fingerprint density at radius 2 is 1.68 bits per heavy atom. The van der Waals surface area contributed by atoms with Crippen molar-refractivity contribution in [1.29, 1.82) is 0 Å². The largest absolute Gasteiger partial charge is 0.467 e. The Morgan fingerprint density at radius 3 is 2.32 bits per heavy atom. The first kappa shape index (κ1) is 19.7. The van der Waals surface area contributed by atoms with Crippen molar-refractivity contribution in [3.05, 3.63) is 81.4 Å². The second kappa shape index (κ2) is 9.25. The molecule has 7 heteroatoms. The second-order valence-corrected chi connectivity index (χ2v) is 7.26. The molecule has 3 N–H and O–H groups in total. The maximum absolute atomic E-state index is 12.3. The Balaban J connectivity index is 1.51. The molecule has 0 unspecified atom stereocenters. The smallest absolute Gasteiger partial charge is 0.251 e. The molecule has 0 saturated heterocycles. The Hall–Kier alpha value is -3.03. The average molecular weight is 396 g/mol. The maximum atomic E-state index is 12.3. The van der Waals surface area contributed by atoms with Crippen molar-refractivity contribution in [3.63, 3.8) is 0 Å². The van der Waals surface area contributed by atoms with E-state index in [1.54, 1.807) is 42.7 Å². The van der Waals surface area contributed by atoms with Crippen LogP contribution in [0.3, 0.4) is 0 Å². The van der Waals surface area contributed by atoms with Crippen LogP contribution in [0, 0.1) is 0 Å². The summed E-state index contributed by atoms with van der Waals surface area (Å²) in [6.45, 7) is 0.271. The third kappa shape index (κ3) is 5.03. The first-order valence-electron chi connectivity index (χ1n) is 8.82. The van der Waals surface area contributed by atoms with E-state index in [0.29, 0.717) is 40.5 Å². The number of carbonyl (C=O) groups excluding carboxylic acids is 3. The molecule has 144 valence electrons. The number of benzene rings is 1. The van der Waals surface area contributed by atoms with E-state index < -0.39 is 0 Å². The number of ketones is 2. The summed E-state index contributed by atoms with van der Waals surface area (Å²) in [5, 5.41) is 2.79. The third-order valence-corrected chi connectivity index (χ3v) is 5.37. The summed E-state index contributed by atoms with van der Waals surface area (Å²) < 4.78 is 5.18. The Labute approximate surface area is 166 Å². The average Bonchev–Trinajstić information content (AvgIpc) is 3.42. The number of nitrogens with one attached hydrogen (secondary N) is 1. The fourth-order valence-electron chi connectivity index (χ4n) is 2.62. The molecule has 2 aromatic heterocycles. The molecule has 6 nitrogen and oxygen atoms in total. The normalized spacial score (nSPS) is 10.6. The summed E-state index contributed by atoms with van der Waals surface area (Å²) in [5.41, 5.74) is 6.85. The zero-order valence-corrected chi connectivity index (χ0v) is 16.0. The zero-order valence-electron chi connectivity index (χ0n) is 15.1. The van der Waals surface area contributed by atoms with Crippen LogP contribution in [0.25, 0.3) is 0 Å². The number of thiophene rings is 1. The van der Waals surface area contributed by atoms with Crippen molar-refractivity contribution in [2.75, 3.05) is 6.54 Å². The lowest BCUT2D eigenvalue weighted by Crippen LogP contribution is -2.22. The van der Waals surface area contributed by atoms with Crippen LogP contribution >= 0.6 is 11.3 Å². The fourth-order valence-corrected chi connectivity index (χ4v) is 3.55. The number of carbonyl (C=O) groups is 3. The summed E-state index contributed by atoms with van der Waals surface area (Å²) in [5.74, 6) is 0.328. The summed E-state index contributed by atoms with van der Waals surface area (Å²) in [7, 11) is 0. The number of furan rings is 1. The summed E-state index contributed by atoms with van der Waals surface area (Å²) >= 11 is 1.18. The standard InChI is InChI=1S/C21H20N2O4S/c22-12-18(25)20-10-9-19(28-20)17(24)8-5-14-3-6-15(7-4-14)21(26)23-13-16-2-1-11-27-16/h1-4,6-7,9-11H,5,8,12-13,22H2,(H,23,26). The van der Waals surface area contributed by atoms with Gasteiger partial charge in [0.2, 0.25) is 0 Å². The molecule has 0 atom stereocenters. The molecule has 0 aliphatic carbocycles. The van der Waals surface area contributed by atoms with E-state index in [0.717, 1.165) is 5.56 Å². The maximum Gasteiger partial charge on any atom is 0.251 e. The minimum Gasteiger partial charge on any atom is -0.467 e. The third-order valence-electron chi connectivity index (χ3n) is 4.20. The lowest BCUT2D eigenvalue weighted by molar-refractivity contribution is 0.0945. The predicted octanol–water partition coefficient (Wildman–Crippen LogP) is 3.23. The van der Waals surface area contributed by atoms with Crippen molar-refractivity contribution in [3.8, 4) is 0 Å². The lowest BCUT2D eigenvalue weighted by atomic mass is 10.0. The zero-order chi connectivity index (χ0) is 19.9. The fraction of sp³-hybridized carbons (Fsp3) is 0.190. The monoisotopic (exact) mass is 396 g/mol. The highest BCUT2D eigenvalue weighted by atomic mass is 32.1. The quantitative estimate of drug-likeness (QED) is 0.541. The van der Waals surface area contributed by atoms with Gasteiger partial charge in [-0.1, -0.05) is 12.1 Å². The Kier molecular flexibility index (Phi) is 6.52. The molecule has 1 amide bonds. The van der Waals surface area contributed by atoms with Crippen LogP contribution in [0.4, 0.5) is 0 Å². The molecule has 0 saturated carbocycles. The van der Waals surface area contributed by atoms with Crippen molar-refractivity contribution >= 4 is 28.8 Å². The number of nitrogens with two attached hydrogens (primary N) is 1. The molecule has 3 aromatic rings. The first-order valence-corrected chi connectivity index (χ1v) is 9.64. The Bertz CT molecular complexity index is 959. The van der Waals surface area contributed by atoms with Gasteiger partial charge < -0.3 is 15.5 Å². The minimum atomic E-state index is -0.185.